The van der Waals surface area contributed by atoms with Gasteiger partial charge in [0.1, 0.15) is 0 Å². The molecule has 0 spiro atoms. The first-order chi connectivity index (χ1) is 5.22. The molecular weight excluding hydrogens is 206 g/mol. The molecule has 0 aliphatic rings. The third-order valence-electron chi connectivity index (χ3n) is 1.27. The lowest BCUT2D eigenvalue weighted by Gasteiger charge is -1.96. The van der Waals surface area contributed by atoms with E-state index in [1.807, 2.05) is 25.1 Å². The Bertz CT molecular complexity index is 263. The van der Waals surface area contributed by atoms with E-state index in [9.17, 15) is 0 Å². The molecule has 0 unspecified atom stereocenters. The summed E-state index contributed by atoms with van der Waals surface area (Å²) in [5.74, 6) is 0. The van der Waals surface area contributed by atoms with Gasteiger partial charge in [-0.05, 0) is 30.2 Å². The summed E-state index contributed by atoms with van der Waals surface area (Å²) in [4.78, 5) is 0. The fourth-order valence-electron chi connectivity index (χ4n) is 0.906. The normalized spacial score (nSPS) is 10.7. The molecule has 2 nitrogen and oxygen atoms in total. The van der Waals surface area contributed by atoms with Crippen LogP contribution in [0.2, 0.25) is 0 Å². The molecule has 0 saturated carbocycles. The van der Waals surface area contributed by atoms with Gasteiger partial charge in [-0.15, -0.1) is 0 Å². The van der Waals surface area contributed by atoms with Crippen molar-refractivity contribution in [2.45, 2.75) is 6.92 Å². The molecule has 0 heterocycles. The topological polar surface area (TPSA) is 32.6 Å². The lowest BCUT2D eigenvalue weighted by Crippen LogP contribution is -1.82. The molecule has 0 fully saturated rings. The third kappa shape index (κ3) is 2.35. The lowest BCUT2D eigenvalue weighted by atomic mass is 10.2. The highest BCUT2D eigenvalue weighted by Gasteiger charge is 1.92. The van der Waals surface area contributed by atoms with Gasteiger partial charge in [-0.1, -0.05) is 27.2 Å². The quantitative estimate of drug-likeness (QED) is 0.435. The van der Waals surface area contributed by atoms with Gasteiger partial charge in [0.05, 0.1) is 6.21 Å². The Morgan fingerprint density at radius 2 is 2.18 bits per heavy atom. The van der Waals surface area contributed by atoms with Gasteiger partial charge in [0, 0.05) is 4.47 Å². The smallest absolute Gasteiger partial charge is 0.0734 e. The van der Waals surface area contributed by atoms with E-state index in [2.05, 4.69) is 21.1 Å². The summed E-state index contributed by atoms with van der Waals surface area (Å²) >= 11 is 3.34. The Morgan fingerprint density at radius 3 is 2.73 bits per heavy atom. The van der Waals surface area contributed by atoms with Crippen molar-refractivity contribution >= 4 is 22.1 Å². The highest BCUT2D eigenvalue weighted by atomic mass is 79.9. The van der Waals surface area contributed by atoms with E-state index >= 15 is 0 Å². The minimum Gasteiger partial charge on any atom is -0.411 e. The summed E-state index contributed by atoms with van der Waals surface area (Å²) in [7, 11) is 0. The zero-order chi connectivity index (χ0) is 8.27. The van der Waals surface area contributed by atoms with Gasteiger partial charge in [0.25, 0.3) is 0 Å². The van der Waals surface area contributed by atoms with Gasteiger partial charge in [0.2, 0.25) is 0 Å². The van der Waals surface area contributed by atoms with Crippen molar-refractivity contribution in [3.63, 3.8) is 0 Å². The molecule has 3 heteroatoms. The van der Waals surface area contributed by atoms with Crippen molar-refractivity contribution in [1.29, 1.82) is 0 Å². The number of oxime groups is 1. The summed E-state index contributed by atoms with van der Waals surface area (Å²) in [6, 6.07) is 5.81. The molecule has 1 aromatic rings. The van der Waals surface area contributed by atoms with Crippen LogP contribution in [0.25, 0.3) is 0 Å². The Kier molecular flexibility index (Phi) is 2.65. The zero-order valence-electron chi connectivity index (χ0n) is 6.08. The van der Waals surface area contributed by atoms with E-state index < -0.39 is 0 Å². The Balaban J connectivity index is 3.08. The average molecular weight is 214 g/mol. The van der Waals surface area contributed by atoms with E-state index in [-0.39, 0.29) is 0 Å². The number of halogens is 1. The summed E-state index contributed by atoms with van der Waals surface area (Å²) in [6.07, 6.45) is 1.40. The standard InChI is InChI=1S/C8H8BrNO/c1-6-2-7(5-10-11)4-8(9)3-6/h2-5,11H,1H3/b10-5-. The fraction of sp³-hybridized carbons (Fsp3) is 0.125. The van der Waals surface area contributed by atoms with Crippen LogP contribution in [-0.2, 0) is 0 Å². The monoisotopic (exact) mass is 213 g/mol. The largest absolute Gasteiger partial charge is 0.411 e. The van der Waals surface area contributed by atoms with Crippen LogP contribution in [0.4, 0.5) is 0 Å². The van der Waals surface area contributed by atoms with Gasteiger partial charge in [0.15, 0.2) is 0 Å². The average Bonchev–Trinajstić information content (AvgIpc) is 1.85. The second-order valence-corrected chi connectivity index (χ2v) is 3.22. The van der Waals surface area contributed by atoms with Gasteiger partial charge >= 0.3 is 0 Å². The molecule has 1 N–H and O–H groups in total. The number of hydrogen-bond acceptors (Lipinski definition) is 2. The number of nitrogens with zero attached hydrogens (tertiary/aromatic N) is 1. The van der Waals surface area contributed by atoms with Crippen LogP contribution in [0.5, 0.6) is 0 Å². The first kappa shape index (κ1) is 8.27. The fourth-order valence-corrected chi connectivity index (χ4v) is 1.53. The Labute approximate surface area is 73.7 Å². The molecule has 58 valence electrons. The molecule has 0 aromatic heterocycles. The van der Waals surface area contributed by atoms with E-state index in [0.717, 1.165) is 15.6 Å². The maximum absolute atomic E-state index is 8.26. The predicted octanol–water partition coefficient (Wildman–Crippen LogP) is 2.57. The first-order valence-corrected chi connectivity index (χ1v) is 3.96. The van der Waals surface area contributed by atoms with Crippen LogP contribution < -0.4 is 0 Å². The van der Waals surface area contributed by atoms with Gasteiger partial charge in [-0.3, -0.25) is 0 Å². The summed E-state index contributed by atoms with van der Waals surface area (Å²) in [5.41, 5.74) is 2.02. The highest BCUT2D eigenvalue weighted by Crippen LogP contribution is 2.13. The van der Waals surface area contributed by atoms with Crippen LogP contribution in [0.1, 0.15) is 11.1 Å². The van der Waals surface area contributed by atoms with E-state index in [4.69, 9.17) is 5.21 Å². The van der Waals surface area contributed by atoms with Crippen molar-refractivity contribution in [1.82, 2.24) is 0 Å². The molecule has 0 amide bonds. The Hall–Kier alpha value is -0.830. The van der Waals surface area contributed by atoms with Crippen LogP contribution >= 0.6 is 15.9 Å². The number of benzene rings is 1. The molecule has 0 aliphatic carbocycles. The van der Waals surface area contributed by atoms with Crippen molar-refractivity contribution in [2.75, 3.05) is 0 Å². The zero-order valence-corrected chi connectivity index (χ0v) is 7.67. The van der Waals surface area contributed by atoms with Crippen LogP contribution in [-0.4, -0.2) is 11.4 Å². The summed E-state index contributed by atoms with van der Waals surface area (Å²) < 4.78 is 0.993. The minimum absolute atomic E-state index is 0.888. The number of aryl methyl sites for hydroxylation is 1. The predicted molar refractivity (Wildman–Crippen MR) is 48.3 cm³/mol. The summed E-state index contributed by atoms with van der Waals surface area (Å²) in [5, 5.41) is 11.2. The van der Waals surface area contributed by atoms with E-state index in [0.29, 0.717) is 0 Å². The van der Waals surface area contributed by atoms with E-state index in [1.54, 1.807) is 0 Å². The highest BCUT2D eigenvalue weighted by molar-refractivity contribution is 9.10. The minimum atomic E-state index is 0.888. The van der Waals surface area contributed by atoms with Crippen molar-refractivity contribution in [3.05, 3.63) is 33.8 Å². The second-order valence-electron chi connectivity index (χ2n) is 2.31. The van der Waals surface area contributed by atoms with Crippen molar-refractivity contribution in [3.8, 4) is 0 Å². The lowest BCUT2D eigenvalue weighted by molar-refractivity contribution is 0.322. The SMILES string of the molecule is Cc1cc(Br)cc(/C=N\O)c1. The second kappa shape index (κ2) is 3.53. The molecule has 0 radical (unpaired) electrons. The van der Waals surface area contributed by atoms with Gasteiger partial charge < -0.3 is 5.21 Å². The van der Waals surface area contributed by atoms with Crippen LogP contribution in [0.3, 0.4) is 0 Å². The maximum Gasteiger partial charge on any atom is 0.0734 e. The van der Waals surface area contributed by atoms with Crippen LogP contribution in [0, 0.1) is 6.92 Å². The number of hydrogen-bond donors (Lipinski definition) is 1. The molecule has 0 aliphatic heterocycles. The molecule has 0 saturated heterocycles. The summed E-state index contributed by atoms with van der Waals surface area (Å²) in [6.45, 7) is 1.99. The molecule has 1 aromatic carbocycles. The number of rotatable bonds is 1. The van der Waals surface area contributed by atoms with Crippen molar-refractivity contribution < 1.29 is 5.21 Å². The third-order valence-corrected chi connectivity index (χ3v) is 1.73. The molecule has 0 atom stereocenters. The van der Waals surface area contributed by atoms with Gasteiger partial charge in [-0.2, -0.15) is 0 Å². The molecule has 0 bridgehead atoms. The molecular formula is C8H8BrNO. The Morgan fingerprint density at radius 1 is 1.45 bits per heavy atom. The van der Waals surface area contributed by atoms with Crippen molar-refractivity contribution in [2.24, 2.45) is 5.16 Å². The van der Waals surface area contributed by atoms with Crippen LogP contribution in [0.15, 0.2) is 27.8 Å². The van der Waals surface area contributed by atoms with E-state index in [1.165, 1.54) is 6.21 Å². The van der Waals surface area contributed by atoms with Gasteiger partial charge in [-0.25, -0.2) is 0 Å². The molecule has 11 heavy (non-hydrogen) atoms. The first-order valence-electron chi connectivity index (χ1n) is 3.17. The molecule has 1 rings (SSSR count). The maximum atomic E-state index is 8.26.